The van der Waals surface area contributed by atoms with Gasteiger partial charge < -0.3 is 20.1 Å². The Morgan fingerprint density at radius 2 is 1.15 bits per heavy atom. The highest BCUT2D eigenvalue weighted by Crippen LogP contribution is 2.31. The maximum absolute atomic E-state index is 12.3. The Bertz CT molecular complexity index is 692. The Morgan fingerprint density at radius 1 is 0.706 bits per heavy atom. The van der Waals surface area contributed by atoms with E-state index in [0.717, 1.165) is 57.8 Å². The van der Waals surface area contributed by atoms with Crippen LogP contribution in [-0.4, -0.2) is 46.3 Å². The molecule has 2 aliphatic heterocycles. The molecule has 0 aromatic heterocycles. The fourth-order valence-electron chi connectivity index (χ4n) is 6.14. The van der Waals surface area contributed by atoms with E-state index < -0.39 is 0 Å². The standard InChI is InChI=1S/C28H50N2O4/c1-25(2)17-21(18-26(3,4)29-25)33-23(31)15-13-11-9-10-12-14-16-24(32)34-22-19-27(5,6)30-28(7,8)20-22/h13,15,21-22,29-30H,9-12,14,16-20H2,1-8H3/b15-13+. The number of carbonyl (C=O) groups excluding carboxylic acids is 2. The summed E-state index contributed by atoms with van der Waals surface area (Å²) in [5.74, 6) is -0.323. The number of unbranched alkanes of at least 4 members (excludes halogenated alkanes) is 4. The molecule has 0 radical (unpaired) electrons. The zero-order valence-corrected chi connectivity index (χ0v) is 23.0. The molecular formula is C28H50N2O4. The summed E-state index contributed by atoms with van der Waals surface area (Å²) in [7, 11) is 0. The van der Waals surface area contributed by atoms with Crippen LogP contribution < -0.4 is 10.6 Å². The SMILES string of the molecule is CC1(C)CC(OC(=O)/C=C/CCCCCCC(=O)OC2CC(C)(C)NC(C)(C)C2)CC(C)(C)N1. The summed E-state index contributed by atoms with van der Waals surface area (Å²) in [4.78, 5) is 24.5. The zero-order chi connectivity index (χ0) is 25.6. The number of allylic oxidation sites excluding steroid dienone is 1. The predicted molar refractivity (Wildman–Crippen MR) is 138 cm³/mol. The molecule has 2 saturated heterocycles. The second kappa shape index (κ2) is 11.6. The lowest BCUT2D eigenvalue weighted by atomic mass is 9.81. The number of hydrogen-bond acceptors (Lipinski definition) is 6. The van der Waals surface area contributed by atoms with E-state index in [9.17, 15) is 9.59 Å². The summed E-state index contributed by atoms with van der Waals surface area (Å²) in [6.07, 6.45) is 12.0. The molecule has 6 nitrogen and oxygen atoms in total. The molecule has 0 aliphatic carbocycles. The monoisotopic (exact) mass is 478 g/mol. The summed E-state index contributed by atoms with van der Waals surface area (Å²) >= 11 is 0. The molecule has 0 bridgehead atoms. The van der Waals surface area contributed by atoms with Gasteiger partial charge in [0.2, 0.25) is 0 Å². The number of piperidine rings is 2. The molecule has 0 unspecified atom stereocenters. The molecule has 0 aromatic carbocycles. The molecule has 0 spiro atoms. The molecule has 2 rings (SSSR count). The Labute approximate surface area is 208 Å². The van der Waals surface area contributed by atoms with E-state index in [-0.39, 0.29) is 46.3 Å². The van der Waals surface area contributed by atoms with Crippen molar-refractivity contribution >= 4 is 11.9 Å². The van der Waals surface area contributed by atoms with E-state index in [0.29, 0.717) is 6.42 Å². The predicted octanol–water partition coefficient (Wildman–Crippen LogP) is 5.59. The lowest BCUT2D eigenvalue weighted by molar-refractivity contribution is -0.153. The molecule has 0 aromatic rings. The van der Waals surface area contributed by atoms with Crippen LogP contribution in [-0.2, 0) is 19.1 Å². The van der Waals surface area contributed by atoms with Crippen molar-refractivity contribution in [2.45, 2.75) is 154 Å². The van der Waals surface area contributed by atoms with E-state index in [1.54, 1.807) is 6.08 Å². The number of ether oxygens (including phenoxy) is 2. The molecule has 0 saturated carbocycles. The second-order valence-corrected chi connectivity index (χ2v) is 13.1. The smallest absolute Gasteiger partial charge is 0.330 e. The lowest BCUT2D eigenvalue weighted by Crippen LogP contribution is -2.59. The Balaban J connectivity index is 1.56. The largest absolute Gasteiger partial charge is 0.462 e. The van der Waals surface area contributed by atoms with Crippen LogP contribution in [0.1, 0.15) is 120 Å². The van der Waals surface area contributed by atoms with E-state index in [4.69, 9.17) is 9.47 Å². The van der Waals surface area contributed by atoms with Crippen molar-refractivity contribution < 1.29 is 19.1 Å². The third kappa shape index (κ3) is 10.9. The summed E-state index contributed by atoms with van der Waals surface area (Å²) in [6.45, 7) is 17.3. The van der Waals surface area contributed by atoms with Crippen LogP contribution >= 0.6 is 0 Å². The maximum Gasteiger partial charge on any atom is 0.330 e. The first-order chi connectivity index (χ1) is 15.6. The third-order valence-corrected chi connectivity index (χ3v) is 6.64. The van der Waals surface area contributed by atoms with Crippen LogP contribution in [0.5, 0.6) is 0 Å². The van der Waals surface area contributed by atoms with E-state index in [2.05, 4.69) is 66.0 Å². The fraction of sp³-hybridized carbons (Fsp3) is 0.857. The summed E-state index contributed by atoms with van der Waals surface area (Å²) in [5, 5.41) is 7.22. The fourth-order valence-corrected chi connectivity index (χ4v) is 6.14. The van der Waals surface area contributed by atoms with Gasteiger partial charge in [-0.3, -0.25) is 4.79 Å². The van der Waals surface area contributed by atoms with Gasteiger partial charge in [0.25, 0.3) is 0 Å². The van der Waals surface area contributed by atoms with Gasteiger partial charge in [0.15, 0.2) is 0 Å². The molecule has 2 aliphatic rings. The van der Waals surface area contributed by atoms with Gasteiger partial charge in [-0.2, -0.15) is 0 Å². The number of rotatable bonds is 10. The summed E-state index contributed by atoms with van der Waals surface area (Å²) in [6, 6.07) is 0. The van der Waals surface area contributed by atoms with Gasteiger partial charge in [0, 0.05) is 60.3 Å². The van der Waals surface area contributed by atoms with Crippen molar-refractivity contribution in [1.82, 2.24) is 10.6 Å². The molecule has 0 amide bonds. The number of esters is 2. The van der Waals surface area contributed by atoms with E-state index in [1.165, 1.54) is 0 Å². The molecule has 6 heteroatoms. The van der Waals surface area contributed by atoms with Crippen LogP contribution in [0, 0.1) is 0 Å². The minimum Gasteiger partial charge on any atom is -0.462 e. The first kappa shape index (κ1) is 28.8. The maximum atomic E-state index is 12.3. The van der Waals surface area contributed by atoms with Crippen molar-refractivity contribution in [2.75, 3.05) is 0 Å². The van der Waals surface area contributed by atoms with Crippen LogP contribution in [0.25, 0.3) is 0 Å². The Kier molecular flexibility index (Phi) is 9.80. The van der Waals surface area contributed by atoms with Crippen LogP contribution in [0.15, 0.2) is 12.2 Å². The van der Waals surface area contributed by atoms with Gasteiger partial charge in [-0.1, -0.05) is 18.9 Å². The van der Waals surface area contributed by atoms with Crippen molar-refractivity contribution in [1.29, 1.82) is 0 Å². The van der Waals surface area contributed by atoms with Gasteiger partial charge >= 0.3 is 11.9 Å². The van der Waals surface area contributed by atoms with Crippen molar-refractivity contribution in [3.05, 3.63) is 12.2 Å². The van der Waals surface area contributed by atoms with Crippen molar-refractivity contribution in [3.63, 3.8) is 0 Å². The summed E-state index contributed by atoms with van der Waals surface area (Å²) < 4.78 is 11.5. The first-order valence-electron chi connectivity index (χ1n) is 13.2. The zero-order valence-electron chi connectivity index (χ0n) is 23.0. The molecule has 2 fully saturated rings. The van der Waals surface area contributed by atoms with Crippen LogP contribution in [0.3, 0.4) is 0 Å². The Morgan fingerprint density at radius 3 is 1.65 bits per heavy atom. The van der Waals surface area contributed by atoms with Crippen LogP contribution in [0.4, 0.5) is 0 Å². The lowest BCUT2D eigenvalue weighted by Gasteiger charge is -2.45. The molecule has 2 heterocycles. The Hall–Kier alpha value is -1.40. The van der Waals surface area contributed by atoms with Gasteiger partial charge in [0.05, 0.1) is 0 Å². The van der Waals surface area contributed by atoms with Crippen LogP contribution in [0.2, 0.25) is 0 Å². The average Bonchev–Trinajstić information content (AvgIpc) is 2.58. The molecule has 196 valence electrons. The van der Waals surface area contributed by atoms with Crippen molar-refractivity contribution in [2.24, 2.45) is 0 Å². The minimum absolute atomic E-state index is 0.00865. The molecular weight excluding hydrogens is 428 g/mol. The van der Waals surface area contributed by atoms with Gasteiger partial charge in [-0.15, -0.1) is 0 Å². The second-order valence-electron chi connectivity index (χ2n) is 13.1. The van der Waals surface area contributed by atoms with E-state index in [1.807, 2.05) is 6.08 Å². The molecule has 34 heavy (non-hydrogen) atoms. The first-order valence-corrected chi connectivity index (χ1v) is 13.2. The molecule has 2 N–H and O–H groups in total. The molecule has 0 atom stereocenters. The number of nitrogens with one attached hydrogen (secondary N) is 2. The minimum atomic E-state index is -0.245. The third-order valence-electron chi connectivity index (χ3n) is 6.64. The summed E-state index contributed by atoms with van der Waals surface area (Å²) in [5.41, 5.74) is -0.117. The van der Waals surface area contributed by atoms with Gasteiger partial charge in [-0.25, -0.2) is 4.79 Å². The highest BCUT2D eigenvalue weighted by atomic mass is 16.5. The quantitative estimate of drug-likeness (QED) is 0.242. The van der Waals surface area contributed by atoms with Crippen molar-refractivity contribution in [3.8, 4) is 0 Å². The normalized spacial score (nSPS) is 24.1. The van der Waals surface area contributed by atoms with Gasteiger partial charge in [0.1, 0.15) is 12.2 Å². The highest BCUT2D eigenvalue weighted by Gasteiger charge is 2.40. The topological polar surface area (TPSA) is 76.7 Å². The average molecular weight is 479 g/mol. The van der Waals surface area contributed by atoms with Gasteiger partial charge in [-0.05, 0) is 74.7 Å². The number of hydrogen-bond donors (Lipinski definition) is 2. The highest BCUT2D eigenvalue weighted by molar-refractivity contribution is 5.82. The number of carbonyl (C=O) groups is 2. The van der Waals surface area contributed by atoms with E-state index >= 15 is 0 Å².